The third kappa shape index (κ3) is 72.2. The van der Waals surface area contributed by atoms with Gasteiger partial charge in [-0.3, -0.25) is 27.5 Å². The van der Waals surface area contributed by atoms with E-state index >= 15 is 0 Å². The van der Waals surface area contributed by atoms with Gasteiger partial charge in [-0.05, 0) is 13.8 Å². The summed E-state index contributed by atoms with van der Waals surface area (Å²) in [5.74, 6) is 0. The molecule has 48 heteroatoms. The molecule has 0 bridgehead atoms. The fourth-order valence-electron chi connectivity index (χ4n) is 4.95. The average molecular weight is 1680 g/mol. The second-order valence-corrected chi connectivity index (χ2v) is 22.7. The molecule has 0 aliphatic heterocycles. The van der Waals surface area contributed by atoms with Crippen molar-refractivity contribution in [3.8, 4) is 0 Å². The van der Waals surface area contributed by atoms with E-state index in [1.165, 1.54) is 13.8 Å². The number of aldehydes is 1. The SMILES string of the molecule is C.CC(C)(CO)C(O)COC(CO)OC(CO)COC(CO)OC(CO)CO.CC(C)(O)[C@@H](O)OC(CO)COC(CO)OC(CO)COC(CO)OC(CO)CO.FP.O=CCOC(CO)OC(CO)COC(CO)OC(CO)CO.[Na+].[Na+].[O-][I+3]([O-])([O-])[O-].[O-][I+3]([O-])([O-])[O-]. The number of halogens is 3. The first-order chi connectivity index (χ1) is 42.6. The van der Waals surface area contributed by atoms with Crippen molar-refractivity contribution in [1.29, 1.82) is 0 Å². The Morgan fingerprint density at radius 3 is 0.745 bits per heavy atom. The molecule has 12 unspecified atom stereocenters. The molecular weight excluding hydrogens is 1570 g/mol. The van der Waals surface area contributed by atoms with Crippen molar-refractivity contribution in [2.75, 3.05) is 152 Å². The standard InChI is InChI=1S/C17H36O13.C16H34O11.C12H24O10.CH4.FH2P.2IO4.2Na/c1-17(2,25)16(24)30-13(6-21)10-27-15(8-23)29-12(5-20)9-26-14(7-22)28-11(3-18)4-19;1-16(2,10-22)13(23)9-25-15(7-21)27-12(5-19)8-24-14(6-20)26-11(3-17)4-18;13-1-2-19-11(6-17)22-10(5-16)8-20-12(7-18)21-9(3-14)4-15;;1-2;2*2-1(3,4)5;;/h11-16,18-25H,3-10H2,1-2H3;11-15,17-23H,3-10H2,1-2H3;1,9-12,14-18H,2-8H2;1H4;2H2;;;;/q;;;;;2*-1;2*+1/t12?,13?,14?,15?,16-;;;;;;;;/m0......../s1. The molecular formula is C46H100FI2Na2O42P. The zero-order valence-electron chi connectivity index (χ0n) is 52.1. The zero-order valence-corrected chi connectivity index (χ0v) is 61.6. The first kappa shape index (κ1) is 114. The van der Waals surface area contributed by atoms with Gasteiger partial charge in [-0.15, -0.1) is 0 Å². The summed E-state index contributed by atoms with van der Waals surface area (Å²) in [4.78, 5) is 10.2. The first-order valence-corrected chi connectivity index (χ1v) is 33.6. The number of hydrogen-bond acceptors (Lipinski definition) is 42. The summed E-state index contributed by atoms with van der Waals surface area (Å²) in [5, 5.41) is 185. The molecule has 0 fully saturated rings. The van der Waals surface area contributed by atoms with Crippen molar-refractivity contribution in [2.24, 2.45) is 5.41 Å². The summed E-state index contributed by atoms with van der Waals surface area (Å²) in [6.45, 7) is -4.20. The largest absolute Gasteiger partial charge is 1.00 e. The van der Waals surface area contributed by atoms with Gasteiger partial charge in [-0.2, -0.15) is 0 Å². The molecule has 0 spiro atoms. The number of rotatable bonds is 51. The first-order valence-electron chi connectivity index (χ1n) is 26.2. The molecule has 20 N–H and O–H groups in total. The molecule has 0 aromatic rings. The molecule has 564 valence electrons. The minimum atomic E-state index is -5.94. The molecule has 0 aromatic heterocycles. The fraction of sp³-hybridized carbons (Fsp3) is 0.978. The molecule has 0 saturated carbocycles. The monoisotopic (exact) mass is 1670 g/mol. The summed E-state index contributed by atoms with van der Waals surface area (Å²) >= 11 is -11.9. The quantitative estimate of drug-likeness (QED) is 0.00884. The summed E-state index contributed by atoms with van der Waals surface area (Å²) in [6, 6.07) is 0. The Balaban J connectivity index is -0.000000150. The van der Waals surface area contributed by atoms with Gasteiger partial charge in [0.2, 0.25) is 0 Å². The Kier molecular flexibility index (Phi) is 87.4. The Morgan fingerprint density at radius 1 is 0.372 bits per heavy atom. The molecule has 0 aliphatic rings. The molecule has 0 rings (SSSR count). The predicted octanol–water partition coefficient (Wildman–Crippen LogP) is -30.9. The van der Waals surface area contributed by atoms with Gasteiger partial charge in [0.15, 0.2) is 44.0 Å². The number of hydrogen-bond donors (Lipinski definition) is 20. The van der Waals surface area contributed by atoms with Crippen LogP contribution in [0.3, 0.4) is 0 Å². The zero-order chi connectivity index (χ0) is 71.8. The van der Waals surface area contributed by atoms with Gasteiger partial charge in [-0.25, -0.2) is 4.20 Å². The van der Waals surface area contributed by atoms with Crippen molar-refractivity contribution >= 4 is 15.8 Å². The van der Waals surface area contributed by atoms with E-state index < -0.39 is 250 Å². The molecule has 13 atom stereocenters. The third-order valence-electron chi connectivity index (χ3n) is 9.89. The maximum absolute atomic E-state index is 10.2. The van der Waals surface area contributed by atoms with Crippen LogP contribution in [0.2, 0.25) is 0 Å². The van der Waals surface area contributed by atoms with Gasteiger partial charge in [0.25, 0.3) is 0 Å². The van der Waals surface area contributed by atoms with Gasteiger partial charge in [0.05, 0.1) is 161 Å². The van der Waals surface area contributed by atoms with Crippen LogP contribution in [0.1, 0.15) is 35.1 Å². The van der Waals surface area contributed by atoms with Crippen LogP contribution in [-0.4, -0.2) is 359 Å². The second kappa shape index (κ2) is 71.8. The van der Waals surface area contributed by atoms with Gasteiger partial charge >= 0.3 is 59.1 Å². The summed E-state index contributed by atoms with van der Waals surface area (Å²) < 4.78 is 145. The van der Waals surface area contributed by atoms with Crippen molar-refractivity contribution < 1.29 is 299 Å². The third-order valence-corrected chi connectivity index (χ3v) is 9.89. The van der Waals surface area contributed by atoms with Crippen LogP contribution in [0.15, 0.2) is 0 Å². The van der Waals surface area contributed by atoms with Crippen LogP contribution in [-0.2, 0) is 66.4 Å². The normalized spacial score (nSPS) is 15.6. The smallest absolute Gasteiger partial charge is 0.396 e. The van der Waals surface area contributed by atoms with Gasteiger partial charge in [-0.1, -0.05) is 21.3 Å². The van der Waals surface area contributed by atoms with Crippen LogP contribution in [0.25, 0.3) is 0 Å². The van der Waals surface area contributed by atoms with Crippen molar-refractivity contribution in [3.63, 3.8) is 0 Å². The van der Waals surface area contributed by atoms with Crippen LogP contribution in [0.5, 0.6) is 0 Å². The second-order valence-electron chi connectivity index (χ2n) is 18.4. The van der Waals surface area contributed by atoms with E-state index in [9.17, 15) is 65.2 Å². The molecule has 0 aromatic carbocycles. The average Bonchev–Trinajstić information content (AvgIpc) is 1.07. The van der Waals surface area contributed by atoms with E-state index in [2.05, 4.69) is 0 Å². The van der Waals surface area contributed by atoms with E-state index in [-0.39, 0.29) is 113 Å². The molecule has 0 radical (unpaired) electrons. The molecule has 94 heavy (non-hydrogen) atoms. The molecule has 0 heterocycles. The molecule has 0 aliphatic carbocycles. The summed E-state index contributed by atoms with van der Waals surface area (Å²) in [6.07, 6.45) is -15.8. The Bertz CT molecular complexity index is 1520. The van der Waals surface area contributed by atoms with Crippen LogP contribution in [0, 0.1) is 5.41 Å². The topological polar surface area (TPSA) is 726 Å². The predicted molar refractivity (Wildman–Crippen MR) is 279 cm³/mol. The number of ether oxygens (including phenoxy) is 13. The molecule has 0 saturated heterocycles. The maximum Gasteiger partial charge on any atom is 1.00 e. The Labute approximate surface area is 601 Å². The summed E-state index contributed by atoms with van der Waals surface area (Å²) in [5.41, 5.74) is -2.38. The number of carbonyl (C=O) groups is 1. The van der Waals surface area contributed by atoms with Crippen molar-refractivity contribution in [2.45, 2.75) is 134 Å². The van der Waals surface area contributed by atoms with Gasteiger partial charge < -0.3 is 169 Å². The van der Waals surface area contributed by atoms with Crippen LogP contribution >= 0.6 is 9.55 Å². The van der Waals surface area contributed by atoms with E-state index in [1.54, 1.807) is 13.8 Å². The van der Waals surface area contributed by atoms with E-state index in [0.717, 1.165) is 9.55 Å². The van der Waals surface area contributed by atoms with E-state index in [0.29, 0.717) is 6.29 Å². The number of aliphatic hydroxyl groups excluding tert-OH is 19. The molecule has 42 nitrogen and oxygen atoms in total. The molecule has 0 amide bonds. The van der Waals surface area contributed by atoms with E-state index in [4.69, 9.17) is 135 Å². The van der Waals surface area contributed by atoms with Gasteiger partial charge in [0.1, 0.15) is 101 Å². The van der Waals surface area contributed by atoms with E-state index in [1.807, 2.05) is 0 Å². The van der Waals surface area contributed by atoms with Crippen molar-refractivity contribution in [1.82, 2.24) is 0 Å². The fourth-order valence-corrected chi connectivity index (χ4v) is 4.95. The summed E-state index contributed by atoms with van der Waals surface area (Å²) in [7, 11) is 0.917. The minimum absolute atomic E-state index is 0. The van der Waals surface area contributed by atoms with Crippen LogP contribution < -0.4 is 127 Å². The van der Waals surface area contributed by atoms with Crippen LogP contribution in [0.4, 0.5) is 4.20 Å². The Morgan fingerprint density at radius 2 is 0.564 bits per heavy atom. The van der Waals surface area contributed by atoms with Gasteiger partial charge in [0, 0.05) is 5.41 Å². The van der Waals surface area contributed by atoms with Crippen molar-refractivity contribution in [3.05, 3.63) is 0 Å². The number of carbonyl (C=O) groups excluding carboxylic acids is 1. The Hall–Kier alpha value is 1.85. The maximum atomic E-state index is 10.2. The minimum Gasteiger partial charge on any atom is -0.396 e. The number of aliphatic hydroxyl groups is 20.